The summed E-state index contributed by atoms with van der Waals surface area (Å²) in [5, 5.41) is 11.8. The molecule has 0 unspecified atom stereocenters. The number of alkyl halides is 3. The van der Waals surface area contributed by atoms with E-state index in [4.69, 9.17) is 10.5 Å². The number of ether oxygens (including phenoxy) is 1. The minimum atomic E-state index is -4.43. The van der Waals surface area contributed by atoms with Gasteiger partial charge in [-0.15, -0.1) is 10.2 Å². The average molecular weight is 461 g/mol. The van der Waals surface area contributed by atoms with E-state index in [1.165, 1.54) is 0 Å². The van der Waals surface area contributed by atoms with E-state index in [2.05, 4.69) is 15.5 Å². The van der Waals surface area contributed by atoms with Crippen LogP contribution in [-0.4, -0.2) is 27.0 Å². The molecule has 0 aliphatic rings. The van der Waals surface area contributed by atoms with Crippen LogP contribution in [0.15, 0.2) is 54.6 Å². The minimum absolute atomic E-state index is 0.0347. The topological polar surface area (TPSA) is 95.1 Å². The fraction of sp³-hybridized carbons (Fsp3) is 0.190. The summed E-state index contributed by atoms with van der Waals surface area (Å²) >= 11 is 1.08. The van der Waals surface area contributed by atoms with Gasteiger partial charge in [0.25, 0.3) is 0 Å². The Morgan fingerprint density at radius 2 is 1.91 bits per heavy atom. The monoisotopic (exact) mass is 461 g/mol. The third-order valence-corrected chi connectivity index (χ3v) is 5.55. The molecule has 2 heterocycles. The second kappa shape index (κ2) is 8.87. The minimum Gasteiger partial charge on any atom is -0.445 e. The molecule has 32 heavy (non-hydrogen) atoms. The van der Waals surface area contributed by atoms with Crippen molar-refractivity contribution in [2.24, 2.45) is 0 Å². The van der Waals surface area contributed by atoms with Gasteiger partial charge in [-0.3, -0.25) is 0 Å². The summed E-state index contributed by atoms with van der Waals surface area (Å²) in [7, 11) is 0. The summed E-state index contributed by atoms with van der Waals surface area (Å²) < 4.78 is 45.9. The van der Waals surface area contributed by atoms with Gasteiger partial charge in [0.15, 0.2) is 5.01 Å². The SMILES string of the molecule is Nc1cccc2c1cc(-c1nnc(CNC(=O)OCc3ccccc3)s1)n2CC(F)(F)F. The third-order valence-electron chi connectivity index (χ3n) is 4.60. The zero-order chi connectivity index (χ0) is 22.7. The molecule has 0 spiro atoms. The Morgan fingerprint density at radius 1 is 1.12 bits per heavy atom. The van der Waals surface area contributed by atoms with Gasteiger partial charge < -0.3 is 20.4 Å². The van der Waals surface area contributed by atoms with Gasteiger partial charge in [-0.05, 0) is 23.8 Å². The van der Waals surface area contributed by atoms with Crippen LogP contribution in [0.25, 0.3) is 21.6 Å². The third kappa shape index (κ3) is 4.99. The van der Waals surface area contributed by atoms with Crippen LogP contribution in [0.4, 0.5) is 23.7 Å². The molecule has 0 fully saturated rings. The number of nitrogens with one attached hydrogen (secondary N) is 1. The number of aromatic nitrogens is 3. The molecule has 2 aromatic carbocycles. The standard InChI is InChI=1S/C21H18F3N5O2S/c22-21(23,24)12-29-16-8-4-7-15(25)14(16)9-17(29)19-28-27-18(32-19)10-26-20(30)31-11-13-5-2-1-3-6-13/h1-9H,10-12,25H2,(H,26,30). The average Bonchev–Trinajstić information content (AvgIpc) is 3.36. The quantitative estimate of drug-likeness (QED) is 0.405. The molecule has 11 heteroatoms. The summed E-state index contributed by atoms with van der Waals surface area (Å²) in [4.78, 5) is 11.9. The number of hydrogen-bond acceptors (Lipinski definition) is 6. The van der Waals surface area contributed by atoms with E-state index < -0.39 is 18.8 Å². The van der Waals surface area contributed by atoms with E-state index in [1.807, 2.05) is 30.3 Å². The van der Waals surface area contributed by atoms with Gasteiger partial charge in [0.05, 0.1) is 17.8 Å². The maximum Gasteiger partial charge on any atom is 0.407 e. The zero-order valence-corrected chi connectivity index (χ0v) is 17.4. The van der Waals surface area contributed by atoms with E-state index in [0.717, 1.165) is 21.5 Å². The number of fused-ring (bicyclic) bond motifs is 1. The van der Waals surface area contributed by atoms with Gasteiger partial charge in [0, 0.05) is 11.1 Å². The lowest BCUT2D eigenvalue weighted by Crippen LogP contribution is -2.23. The van der Waals surface area contributed by atoms with Crippen molar-refractivity contribution in [3.05, 3.63) is 65.2 Å². The Bertz CT molecular complexity index is 1240. The molecule has 0 atom stereocenters. The second-order valence-electron chi connectivity index (χ2n) is 6.93. The van der Waals surface area contributed by atoms with Gasteiger partial charge in [-0.1, -0.05) is 47.7 Å². The van der Waals surface area contributed by atoms with Crippen LogP contribution in [-0.2, 0) is 24.4 Å². The summed E-state index contributed by atoms with van der Waals surface area (Å²) in [6, 6.07) is 15.6. The number of carbonyl (C=O) groups excluding carboxylic acids is 1. The fourth-order valence-electron chi connectivity index (χ4n) is 3.18. The maximum absolute atomic E-state index is 13.2. The van der Waals surface area contributed by atoms with Gasteiger partial charge in [-0.2, -0.15) is 13.2 Å². The molecule has 0 saturated heterocycles. The molecule has 3 N–H and O–H groups in total. The van der Waals surface area contributed by atoms with Crippen LogP contribution < -0.4 is 11.1 Å². The number of alkyl carbamates (subject to hydrolysis) is 1. The number of nitrogens with two attached hydrogens (primary N) is 1. The van der Waals surface area contributed by atoms with Crippen molar-refractivity contribution >= 4 is 34.0 Å². The normalized spacial score (nSPS) is 11.6. The second-order valence-corrected chi connectivity index (χ2v) is 7.99. The number of benzene rings is 2. The number of rotatable bonds is 6. The summed E-state index contributed by atoms with van der Waals surface area (Å²) in [5.41, 5.74) is 7.78. The number of amides is 1. The first-order chi connectivity index (χ1) is 15.3. The van der Waals surface area contributed by atoms with E-state index >= 15 is 0 Å². The van der Waals surface area contributed by atoms with E-state index in [1.54, 1.807) is 24.3 Å². The smallest absolute Gasteiger partial charge is 0.407 e. The van der Waals surface area contributed by atoms with Crippen LogP contribution in [0, 0.1) is 0 Å². The van der Waals surface area contributed by atoms with Crippen molar-refractivity contribution in [2.45, 2.75) is 25.9 Å². The number of hydrogen-bond donors (Lipinski definition) is 2. The fourth-order valence-corrected chi connectivity index (χ4v) is 3.99. The molecule has 7 nitrogen and oxygen atoms in total. The lowest BCUT2D eigenvalue weighted by atomic mass is 10.2. The molecule has 0 radical (unpaired) electrons. The number of carbonyl (C=O) groups is 1. The van der Waals surface area contributed by atoms with Crippen LogP contribution in [0.3, 0.4) is 0 Å². The summed E-state index contributed by atoms with van der Waals surface area (Å²) in [6.07, 6.45) is -5.06. The first kappa shape index (κ1) is 21.6. The van der Waals surface area contributed by atoms with Crippen molar-refractivity contribution in [3.8, 4) is 10.7 Å². The van der Waals surface area contributed by atoms with Crippen LogP contribution >= 0.6 is 11.3 Å². The van der Waals surface area contributed by atoms with E-state index in [9.17, 15) is 18.0 Å². The van der Waals surface area contributed by atoms with Gasteiger partial charge in [-0.25, -0.2) is 4.79 Å². The Kier molecular flexibility index (Phi) is 5.99. The molecule has 1 amide bonds. The highest BCUT2D eigenvalue weighted by molar-refractivity contribution is 7.14. The van der Waals surface area contributed by atoms with Crippen molar-refractivity contribution < 1.29 is 22.7 Å². The lowest BCUT2D eigenvalue weighted by molar-refractivity contribution is -0.139. The molecule has 0 aliphatic carbocycles. The highest BCUT2D eigenvalue weighted by atomic mass is 32.1. The predicted octanol–water partition coefficient (Wildman–Crippen LogP) is 4.73. The lowest BCUT2D eigenvalue weighted by Gasteiger charge is -2.12. The molecular formula is C21H18F3N5O2S. The van der Waals surface area contributed by atoms with Crippen molar-refractivity contribution in [3.63, 3.8) is 0 Å². The summed E-state index contributed by atoms with van der Waals surface area (Å²) in [6.45, 7) is -1.03. The predicted molar refractivity (Wildman–Crippen MR) is 115 cm³/mol. The molecule has 0 aliphatic heterocycles. The molecular weight excluding hydrogens is 443 g/mol. The highest BCUT2D eigenvalue weighted by Gasteiger charge is 2.31. The Balaban J connectivity index is 1.49. The van der Waals surface area contributed by atoms with Gasteiger partial charge >= 0.3 is 12.3 Å². The molecule has 4 rings (SSSR count). The molecule has 166 valence electrons. The summed E-state index contributed by atoms with van der Waals surface area (Å²) in [5.74, 6) is 0. The van der Waals surface area contributed by atoms with Crippen molar-refractivity contribution in [1.29, 1.82) is 0 Å². The Morgan fingerprint density at radius 3 is 2.66 bits per heavy atom. The Labute approximate surface area is 184 Å². The van der Waals surface area contributed by atoms with Crippen molar-refractivity contribution in [2.75, 3.05) is 5.73 Å². The first-order valence-corrected chi connectivity index (χ1v) is 10.3. The van der Waals surface area contributed by atoms with E-state index in [0.29, 0.717) is 26.6 Å². The zero-order valence-electron chi connectivity index (χ0n) is 16.6. The largest absolute Gasteiger partial charge is 0.445 e. The molecule has 0 saturated carbocycles. The maximum atomic E-state index is 13.2. The van der Waals surface area contributed by atoms with Gasteiger partial charge in [0.2, 0.25) is 0 Å². The first-order valence-electron chi connectivity index (χ1n) is 9.52. The van der Waals surface area contributed by atoms with Gasteiger partial charge in [0.1, 0.15) is 18.2 Å². The van der Waals surface area contributed by atoms with Crippen LogP contribution in [0.5, 0.6) is 0 Å². The van der Waals surface area contributed by atoms with Crippen LogP contribution in [0.1, 0.15) is 10.6 Å². The molecule has 4 aromatic rings. The van der Waals surface area contributed by atoms with Crippen LogP contribution in [0.2, 0.25) is 0 Å². The number of nitrogens with zero attached hydrogens (tertiary/aromatic N) is 3. The van der Waals surface area contributed by atoms with Crippen molar-refractivity contribution in [1.82, 2.24) is 20.1 Å². The highest BCUT2D eigenvalue weighted by Crippen LogP contribution is 2.35. The Hall–Kier alpha value is -3.60. The van der Waals surface area contributed by atoms with E-state index in [-0.39, 0.29) is 18.8 Å². The molecule has 2 aromatic heterocycles. The number of anilines is 1. The number of halogens is 3. The number of nitrogen functional groups attached to an aromatic ring is 1. The molecule has 0 bridgehead atoms.